The van der Waals surface area contributed by atoms with Crippen LogP contribution in [0.5, 0.6) is 0 Å². The van der Waals surface area contributed by atoms with Crippen molar-refractivity contribution in [3.8, 4) is 0 Å². The average Bonchev–Trinajstić information content (AvgIpc) is 2.60. The molecule has 0 radical (unpaired) electrons. The third-order valence-corrected chi connectivity index (χ3v) is 3.79. The molecule has 0 aromatic carbocycles. The summed E-state index contributed by atoms with van der Waals surface area (Å²) in [7, 11) is 1.77. The average molecular weight is 231 g/mol. The Bertz CT molecular complexity index is 365. The van der Waals surface area contributed by atoms with Gasteiger partial charge in [-0.1, -0.05) is 11.6 Å². The van der Waals surface area contributed by atoms with Crippen molar-refractivity contribution in [1.82, 2.24) is 4.90 Å². The molecule has 5 heteroatoms. The number of amides is 1. The minimum absolute atomic E-state index is 0.0544. The molecule has 1 amide bonds. The molecule has 3 nitrogen and oxygen atoms in total. The van der Waals surface area contributed by atoms with Crippen molar-refractivity contribution in [2.75, 3.05) is 7.05 Å². The molecule has 76 valence electrons. The van der Waals surface area contributed by atoms with Gasteiger partial charge in [0, 0.05) is 25.1 Å². The highest BCUT2D eigenvalue weighted by Crippen LogP contribution is 2.37. The maximum atomic E-state index is 11.4. The first-order chi connectivity index (χ1) is 6.61. The molecule has 2 unspecified atom stereocenters. The number of likely N-dealkylation sites (tertiary alicyclic amines) is 1. The van der Waals surface area contributed by atoms with Gasteiger partial charge in [-0.15, -0.1) is 11.3 Å². The Balaban J connectivity index is 2.35. The highest BCUT2D eigenvalue weighted by atomic mass is 35.5. The molecule has 1 saturated heterocycles. The summed E-state index contributed by atoms with van der Waals surface area (Å²) in [6.07, 6.45) is 0.410. The van der Waals surface area contributed by atoms with Gasteiger partial charge in [0.1, 0.15) is 0 Å². The van der Waals surface area contributed by atoms with Gasteiger partial charge >= 0.3 is 0 Å². The summed E-state index contributed by atoms with van der Waals surface area (Å²) in [5, 5.41) is 1.92. The fourth-order valence-corrected chi connectivity index (χ4v) is 2.84. The summed E-state index contributed by atoms with van der Waals surface area (Å²) in [6.45, 7) is 0. The number of hydrogen-bond acceptors (Lipinski definition) is 3. The third kappa shape index (κ3) is 1.43. The quantitative estimate of drug-likeness (QED) is 0.797. The zero-order valence-corrected chi connectivity index (χ0v) is 9.31. The van der Waals surface area contributed by atoms with Gasteiger partial charge in [0.2, 0.25) is 5.91 Å². The molecular formula is C9H11ClN2OS. The second-order valence-electron chi connectivity index (χ2n) is 3.47. The summed E-state index contributed by atoms with van der Waals surface area (Å²) < 4.78 is 0.729. The van der Waals surface area contributed by atoms with E-state index in [2.05, 4.69) is 0 Å². The lowest BCUT2D eigenvalue weighted by atomic mass is 10.0. The van der Waals surface area contributed by atoms with Crippen LogP contribution in [0.2, 0.25) is 4.34 Å². The topological polar surface area (TPSA) is 46.3 Å². The third-order valence-electron chi connectivity index (χ3n) is 2.59. The SMILES string of the molecule is CN1C(=O)CC(N)C1c1ccsc1Cl. The van der Waals surface area contributed by atoms with Crippen LogP contribution in [0.15, 0.2) is 11.4 Å². The molecule has 0 saturated carbocycles. The van der Waals surface area contributed by atoms with Crippen molar-refractivity contribution in [3.05, 3.63) is 21.3 Å². The molecule has 2 rings (SSSR count). The molecule has 14 heavy (non-hydrogen) atoms. The van der Waals surface area contributed by atoms with Crippen LogP contribution >= 0.6 is 22.9 Å². The van der Waals surface area contributed by atoms with E-state index < -0.39 is 0 Å². The standard InChI is InChI=1S/C9H11ClN2OS/c1-12-7(13)4-6(11)8(12)5-2-3-14-9(5)10/h2-3,6,8H,4,11H2,1H3. The molecule has 2 heterocycles. The highest BCUT2D eigenvalue weighted by Gasteiger charge is 2.37. The van der Waals surface area contributed by atoms with Crippen molar-refractivity contribution < 1.29 is 4.79 Å². The lowest BCUT2D eigenvalue weighted by Crippen LogP contribution is -2.30. The van der Waals surface area contributed by atoms with Crippen molar-refractivity contribution in [2.24, 2.45) is 5.73 Å². The Labute approximate surface area is 91.5 Å². The number of hydrogen-bond donors (Lipinski definition) is 1. The maximum Gasteiger partial charge on any atom is 0.224 e. The Morgan fingerprint density at radius 3 is 2.86 bits per heavy atom. The van der Waals surface area contributed by atoms with E-state index in [1.807, 2.05) is 11.4 Å². The molecular weight excluding hydrogens is 220 g/mol. The first kappa shape index (κ1) is 9.96. The van der Waals surface area contributed by atoms with Crippen LogP contribution in [0.1, 0.15) is 18.0 Å². The van der Waals surface area contributed by atoms with E-state index in [0.717, 1.165) is 9.90 Å². The summed E-state index contributed by atoms with van der Waals surface area (Å²) >= 11 is 7.49. The molecule has 1 fully saturated rings. The van der Waals surface area contributed by atoms with Crippen molar-refractivity contribution in [3.63, 3.8) is 0 Å². The molecule has 0 aliphatic carbocycles. The predicted molar refractivity (Wildman–Crippen MR) is 57.4 cm³/mol. The van der Waals surface area contributed by atoms with Crippen molar-refractivity contribution >= 4 is 28.8 Å². The first-order valence-electron chi connectivity index (χ1n) is 4.35. The summed E-state index contributed by atoms with van der Waals surface area (Å²) in [4.78, 5) is 13.1. The van der Waals surface area contributed by atoms with Gasteiger partial charge in [-0.3, -0.25) is 4.79 Å². The van der Waals surface area contributed by atoms with E-state index in [9.17, 15) is 4.79 Å². The van der Waals surface area contributed by atoms with Gasteiger partial charge in [0.25, 0.3) is 0 Å². The largest absolute Gasteiger partial charge is 0.337 e. The normalized spacial score (nSPS) is 27.4. The van der Waals surface area contributed by atoms with Crippen LogP contribution < -0.4 is 5.73 Å². The number of rotatable bonds is 1. The van der Waals surface area contributed by atoms with Gasteiger partial charge in [-0.2, -0.15) is 0 Å². The fourth-order valence-electron chi connectivity index (χ4n) is 1.85. The van der Waals surface area contributed by atoms with E-state index in [0.29, 0.717) is 6.42 Å². The molecule has 0 spiro atoms. The Morgan fingerprint density at radius 2 is 2.43 bits per heavy atom. The summed E-state index contributed by atoms with van der Waals surface area (Å²) in [5.74, 6) is 0.0877. The smallest absolute Gasteiger partial charge is 0.224 e. The second kappa shape index (κ2) is 3.53. The molecule has 1 aliphatic heterocycles. The van der Waals surface area contributed by atoms with Crippen LogP contribution in [0.4, 0.5) is 0 Å². The minimum atomic E-state index is -0.139. The lowest BCUT2D eigenvalue weighted by molar-refractivity contribution is -0.127. The van der Waals surface area contributed by atoms with Crippen LogP contribution in [-0.2, 0) is 4.79 Å². The van der Waals surface area contributed by atoms with Gasteiger partial charge < -0.3 is 10.6 Å². The number of thiophene rings is 1. The Hall–Kier alpha value is -0.580. The van der Waals surface area contributed by atoms with Crippen molar-refractivity contribution in [2.45, 2.75) is 18.5 Å². The maximum absolute atomic E-state index is 11.4. The van der Waals surface area contributed by atoms with Gasteiger partial charge in [-0.05, 0) is 11.4 Å². The molecule has 1 aliphatic rings. The summed E-state index contributed by atoms with van der Waals surface area (Å²) in [5.41, 5.74) is 6.87. The number of likely N-dealkylation sites (N-methyl/N-ethyl adjacent to an activating group) is 1. The monoisotopic (exact) mass is 230 g/mol. The van der Waals surface area contributed by atoms with Gasteiger partial charge in [0.15, 0.2) is 0 Å². The van der Waals surface area contributed by atoms with Crippen LogP contribution in [-0.4, -0.2) is 23.9 Å². The lowest BCUT2D eigenvalue weighted by Gasteiger charge is -2.22. The van der Waals surface area contributed by atoms with E-state index in [4.69, 9.17) is 17.3 Å². The van der Waals surface area contributed by atoms with E-state index in [-0.39, 0.29) is 18.0 Å². The van der Waals surface area contributed by atoms with Crippen LogP contribution in [0.3, 0.4) is 0 Å². The molecule has 2 N–H and O–H groups in total. The van der Waals surface area contributed by atoms with Gasteiger partial charge in [0.05, 0.1) is 10.4 Å². The number of carbonyl (C=O) groups is 1. The molecule has 1 aromatic heterocycles. The number of nitrogens with zero attached hydrogens (tertiary/aromatic N) is 1. The Kier molecular flexibility index (Phi) is 2.51. The highest BCUT2D eigenvalue weighted by molar-refractivity contribution is 7.14. The zero-order valence-electron chi connectivity index (χ0n) is 7.74. The number of carbonyl (C=O) groups excluding carboxylic acids is 1. The van der Waals surface area contributed by atoms with E-state index >= 15 is 0 Å². The van der Waals surface area contributed by atoms with Gasteiger partial charge in [-0.25, -0.2) is 0 Å². The molecule has 2 atom stereocenters. The molecule has 1 aromatic rings. The number of halogens is 1. The zero-order chi connectivity index (χ0) is 10.3. The van der Waals surface area contributed by atoms with E-state index in [1.54, 1.807) is 11.9 Å². The minimum Gasteiger partial charge on any atom is -0.337 e. The predicted octanol–water partition coefficient (Wildman–Crippen LogP) is 1.63. The second-order valence-corrected chi connectivity index (χ2v) is 4.99. The summed E-state index contributed by atoms with van der Waals surface area (Å²) in [6, 6.07) is 1.74. The molecule has 0 bridgehead atoms. The number of nitrogens with two attached hydrogens (primary N) is 1. The van der Waals surface area contributed by atoms with Crippen LogP contribution in [0.25, 0.3) is 0 Å². The van der Waals surface area contributed by atoms with Crippen molar-refractivity contribution in [1.29, 1.82) is 0 Å². The fraction of sp³-hybridized carbons (Fsp3) is 0.444. The van der Waals surface area contributed by atoms with Crippen LogP contribution in [0, 0.1) is 0 Å². The Morgan fingerprint density at radius 1 is 1.71 bits per heavy atom. The van der Waals surface area contributed by atoms with E-state index in [1.165, 1.54) is 11.3 Å². The first-order valence-corrected chi connectivity index (χ1v) is 5.61.